The third-order valence-electron chi connectivity index (χ3n) is 20.3. The van der Waals surface area contributed by atoms with E-state index in [0.29, 0.717) is 50.5 Å². The number of nitrogens with zero attached hydrogens (tertiary/aromatic N) is 1. The van der Waals surface area contributed by atoms with Crippen LogP contribution in [0.3, 0.4) is 0 Å². The van der Waals surface area contributed by atoms with Crippen molar-refractivity contribution >= 4 is 153 Å². The molecule has 46 heteroatoms. The van der Waals surface area contributed by atoms with Crippen molar-refractivity contribution in [2.24, 2.45) is 22.9 Å². The van der Waals surface area contributed by atoms with E-state index < -0.39 is 248 Å². The molecule has 14 atom stereocenters. The lowest BCUT2D eigenvalue weighted by molar-refractivity contribution is -0.138. The van der Waals surface area contributed by atoms with E-state index in [-0.39, 0.29) is 62.3 Å². The Hall–Kier alpha value is -14.0. The van der Waals surface area contributed by atoms with Crippen LogP contribution in [0, 0.1) is 0 Å². The number of rotatable bonds is 54. The number of aromatic nitrogens is 4. The van der Waals surface area contributed by atoms with Crippen LogP contribution in [-0.2, 0) is 118 Å². The van der Waals surface area contributed by atoms with Gasteiger partial charge in [-0.15, -0.1) is 0 Å². The predicted molar refractivity (Wildman–Crippen MR) is 470 cm³/mol. The van der Waals surface area contributed by atoms with Gasteiger partial charge in [-0.1, -0.05) is 78.9 Å². The van der Waals surface area contributed by atoms with Crippen LogP contribution in [-0.4, -0.2) is 263 Å². The highest BCUT2D eigenvalue weighted by molar-refractivity contribution is 7.80. The van der Waals surface area contributed by atoms with Gasteiger partial charge >= 0.3 is 5.97 Å². The summed E-state index contributed by atoms with van der Waals surface area (Å²) in [6, 6.07) is 5.76. The summed E-state index contributed by atoms with van der Waals surface area (Å²) < 4.78 is 0. The molecule has 0 aliphatic rings. The van der Waals surface area contributed by atoms with Crippen LogP contribution in [0.4, 0.5) is 0 Å². The smallest absolute Gasteiger partial charge is 0.303 e. The number of aromatic hydroxyl groups is 1. The minimum Gasteiger partial charge on any atom is -0.508 e. The molecule has 3 heterocycles. The van der Waals surface area contributed by atoms with Crippen LogP contribution in [0.15, 0.2) is 128 Å². The normalized spacial score (nSPS) is 14.4. The molecule has 3 aromatic heterocycles. The van der Waals surface area contributed by atoms with Crippen molar-refractivity contribution in [2.75, 3.05) is 31.2 Å². The second-order valence-electron chi connectivity index (χ2n) is 30.2. The molecular weight excluding hydrogens is 1720 g/mol. The molecule has 44 nitrogen and oxygen atoms in total. The highest BCUT2D eigenvalue weighted by atomic mass is 32.1. The molecule has 0 aliphatic heterocycles. The number of nitrogens with one attached hydrogen (secondary N) is 17. The zero-order valence-corrected chi connectivity index (χ0v) is 72.0. The van der Waals surface area contributed by atoms with E-state index in [1.807, 2.05) is 0 Å². The van der Waals surface area contributed by atoms with E-state index in [2.05, 4.69) is 120 Å². The monoisotopic (exact) mass is 1830 g/mol. The number of phenolic OH excluding ortho intramolecular Hbond substituents is 1. The number of H-pyrrole nitrogens is 3. The number of benzene rings is 4. The number of carboxylic acids is 1. The molecule has 0 aliphatic carbocycles. The summed E-state index contributed by atoms with van der Waals surface area (Å²) >= 11 is 8.44. The van der Waals surface area contributed by atoms with Gasteiger partial charge in [-0.2, -0.15) is 25.3 Å². The number of phenols is 1. The Morgan fingerprint density at radius 1 is 0.434 bits per heavy atom. The number of primary amides is 3. The van der Waals surface area contributed by atoms with Crippen molar-refractivity contribution in [3.63, 3.8) is 0 Å². The van der Waals surface area contributed by atoms with E-state index in [0.717, 1.165) is 13.8 Å². The average Bonchev–Trinajstić information content (AvgIpc) is 1.56. The zero-order valence-electron chi connectivity index (χ0n) is 70.2. The van der Waals surface area contributed by atoms with Gasteiger partial charge in [0, 0.05) is 109 Å². The maximum Gasteiger partial charge on any atom is 0.303 e. The van der Waals surface area contributed by atoms with Gasteiger partial charge in [0.25, 0.3) is 0 Å². The van der Waals surface area contributed by atoms with Crippen molar-refractivity contribution in [2.45, 2.75) is 182 Å². The fourth-order valence-electron chi connectivity index (χ4n) is 13.4. The first-order chi connectivity index (χ1) is 61.5. The molecular formula is C83H108N22O22S2. The lowest BCUT2D eigenvalue weighted by Crippen LogP contribution is -2.62. The molecule has 17 amide bonds. The van der Waals surface area contributed by atoms with Crippen LogP contribution < -0.4 is 97.4 Å². The summed E-state index contributed by atoms with van der Waals surface area (Å²) in [6.45, 7) is 0.416. The quantitative estimate of drug-likeness (QED) is 0.0125. The van der Waals surface area contributed by atoms with Crippen molar-refractivity contribution in [3.05, 3.63) is 156 Å². The van der Waals surface area contributed by atoms with Gasteiger partial charge in [-0.3, -0.25) is 86.3 Å². The molecule has 0 fully saturated rings. The zero-order chi connectivity index (χ0) is 94.6. The van der Waals surface area contributed by atoms with Crippen molar-refractivity contribution in [1.29, 1.82) is 0 Å². The number of aliphatic hydroxyl groups is 2. The number of thiol groups is 2. The Morgan fingerprint density at radius 2 is 0.860 bits per heavy atom. The lowest BCUT2D eigenvalue weighted by atomic mass is 10.0. The number of carbonyl (C=O) groups excluding carboxylic acids is 17. The number of imidazole rings is 1. The molecule has 0 saturated carbocycles. The maximum atomic E-state index is 15.5. The minimum atomic E-state index is -1.92. The van der Waals surface area contributed by atoms with E-state index in [4.69, 9.17) is 28.0 Å². The first-order valence-electron chi connectivity index (χ1n) is 40.8. The fraction of sp³-hybridized carbons (Fsp3) is 0.410. The fourth-order valence-corrected chi connectivity index (χ4v) is 14.0. The van der Waals surface area contributed by atoms with Crippen LogP contribution in [0.5, 0.6) is 5.75 Å². The van der Waals surface area contributed by atoms with Gasteiger partial charge in [0.1, 0.15) is 84.3 Å². The molecule has 0 unspecified atom stereocenters. The molecule has 694 valence electrons. The predicted octanol–water partition coefficient (Wildman–Crippen LogP) is -6.12. The topological polar surface area (TPSA) is 721 Å². The molecule has 0 bridgehead atoms. The molecule has 0 spiro atoms. The summed E-state index contributed by atoms with van der Waals surface area (Å²) in [4.78, 5) is 260. The number of nitrogens with two attached hydrogens (primary N) is 4. The third-order valence-corrected chi connectivity index (χ3v) is 21.0. The van der Waals surface area contributed by atoms with Gasteiger partial charge in [-0.05, 0) is 92.1 Å². The number of fused-ring (bicyclic) bond motifs is 2. The number of aliphatic hydroxyl groups excluding tert-OH is 2. The van der Waals surface area contributed by atoms with Crippen molar-refractivity contribution < 1.29 is 107 Å². The molecule has 4 aromatic carbocycles. The first-order valence-corrected chi connectivity index (χ1v) is 42.1. The van der Waals surface area contributed by atoms with Crippen molar-refractivity contribution in [3.8, 4) is 5.75 Å². The van der Waals surface area contributed by atoms with E-state index in [1.54, 1.807) is 85.1 Å². The van der Waals surface area contributed by atoms with Gasteiger partial charge in [0.05, 0.1) is 32.0 Å². The summed E-state index contributed by atoms with van der Waals surface area (Å²) in [5, 5.41) is 76.4. The Kier molecular flexibility index (Phi) is 40.3. The number of aliphatic carboxylic acids is 1. The number of amides is 17. The van der Waals surface area contributed by atoms with Gasteiger partial charge in [-0.25, -0.2) is 4.98 Å². The highest BCUT2D eigenvalue weighted by Gasteiger charge is 2.39. The molecule has 0 saturated heterocycles. The number of carboxylic acid groups (broad SMARTS) is 1. The summed E-state index contributed by atoms with van der Waals surface area (Å²) in [5.74, 6) is -20.1. The molecule has 129 heavy (non-hydrogen) atoms. The van der Waals surface area contributed by atoms with E-state index >= 15 is 14.4 Å². The summed E-state index contributed by atoms with van der Waals surface area (Å²) in [6.07, 6.45) is -0.345. The van der Waals surface area contributed by atoms with E-state index in [1.165, 1.54) is 43.0 Å². The number of carbonyl (C=O) groups is 18. The molecule has 7 aromatic rings. The van der Waals surface area contributed by atoms with Crippen LogP contribution in [0.2, 0.25) is 0 Å². The SMILES string of the molecule is CC(=O)N[C@@H](CS)C(=O)N[C@@H](CO)C(=O)N[C@H](C(=O)N[C@@H](Cc1c[nH]c2ccccc12)C(=O)N[C@@H](CCC(N)=O)C(=O)N[C@@H](CS)C(=O)N[C@@H](Cc1ccc(O)cc1)C(=O)N[C@@H](Cc1c[nH]c2ccccc12)C(=O)N[C@@H](Cc1cnc[nH]1)C(=O)N[C@@H](CCCCN)C(=O)N[C@@H](Cc1ccccc1)C(=O)NCC(=O)N[C@@H](CC(N)=O)C(=O)N[C@@H](CCC(=O)O)C(N)=O)[C@@H](C)O. The lowest BCUT2D eigenvalue weighted by Gasteiger charge is -2.28. The molecule has 7 rings (SSSR count). The molecule has 0 radical (unpaired) electrons. The number of aromatic amines is 3. The van der Waals surface area contributed by atoms with Gasteiger partial charge in [0.2, 0.25) is 100 Å². The highest BCUT2D eigenvalue weighted by Crippen LogP contribution is 2.23. The second-order valence-corrected chi connectivity index (χ2v) is 31.0. The number of hydrogen-bond donors (Lipinski definition) is 27. The number of unbranched alkanes of at least 4 members (excludes halogenated alkanes) is 1. The standard InChI is InChI=1S/C83H108N22O22S2/c1-42(107)70(105-80(124)63(38-106)103-81(125)64(39-128)93-43(2)108)83(127)102-60(31-47-35-90-53-17-9-7-15-51(47)53)76(120)97-56(23-25-66(85)110)74(118)104-65(40-129)82(126)99-58(29-45-19-21-49(109)22-20-45)75(119)100-59(30-46-34-89-52-16-8-6-14-50(46)52)77(121)101-61(32-48-36-88-41-92-48)78(122)96-55(18-10-11-27-84)73(117)98-57(28-44-12-4-3-5-13-44)72(116)91-37-68(112)94-62(33-67(86)111)79(123)95-54(71(87)115)24-26-69(113)114/h3-9,12-17,19-22,34-36,41-42,54-65,70,89-90,106-107,109,128-129H,10-11,18,23-33,37-40,84H2,1-2H3,(H2,85,110)(H2,86,111)(H2,87,115)(H,88,92)(H,91,116)(H,93,108)(H,94,112)(H,95,123)(H,96,122)(H,97,120)(H,98,117)(H,99,126)(H,100,119)(H,101,121)(H,102,127)(H,103,125)(H,104,118)(H,105,124)(H,113,114)/t42-,54+,55+,56+,57+,58+,59+,60+,61+,62+,63+,64+,65+,70+/m1/s1. The molecule has 29 N–H and O–H groups in total. The van der Waals surface area contributed by atoms with Gasteiger partial charge < -0.3 is 133 Å². The minimum absolute atomic E-state index is 0.130. The summed E-state index contributed by atoms with van der Waals surface area (Å²) in [7, 11) is 0. The average molecular weight is 1830 g/mol. The Morgan fingerprint density at radius 3 is 1.34 bits per heavy atom. The maximum absolute atomic E-state index is 15.5. The number of para-hydroxylation sites is 2. The third kappa shape index (κ3) is 32.7. The number of hydrogen-bond acceptors (Lipinski definition) is 25. The van der Waals surface area contributed by atoms with Crippen LogP contribution >= 0.6 is 25.3 Å². The summed E-state index contributed by atoms with van der Waals surface area (Å²) in [5.41, 5.74) is 25.3. The van der Waals surface area contributed by atoms with Crippen LogP contribution in [0.1, 0.15) is 93.2 Å². The van der Waals surface area contributed by atoms with Crippen molar-refractivity contribution in [1.82, 2.24) is 94.4 Å². The van der Waals surface area contributed by atoms with Crippen LogP contribution in [0.25, 0.3) is 21.8 Å². The van der Waals surface area contributed by atoms with Gasteiger partial charge in [0.15, 0.2) is 0 Å². The van der Waals surface area contributed by atoms with E-state index in [9.17, 15) is 87.2 Å². The Balaban J connectivity index is 1.15. The Labute approximate surface area is 748 Å². The second kappa shape index (κ2) is 51.0. The Bertz CT molecular complexity index is 5100. The largest absolute Gasteiger partial charge is 0.508 e. The first kappa shape index (κ1) is 102.